The SMILES string of the molecule is COc1ccccc1N1CCN(N=Cc2cc([N+](=O)[O-])ccc2Cl)CC1. The number of nitro benzene ring substituents is 1. The zero-order chi connectivity index (χ0) is 18.5. The standard InChI is InChI=1S/C18H19ClN4O3/c1-26-18-5-3-2-4-17(18)21-8-10-22(11-9-21)20-13-14-12-15(23(24)25)6-7-16(14)19/h2-7,12-13H,8-11H2,1H3. The predicted molar refractivity (Wildman–Crippen MR) is 102 cm³/mol. The van der Waals surface area contributed by atoms with Gasteiger partial charge in [0.25, 0.3) is 5.69 Å². The smallest absolute Gasteiger partial charge is 0.270 e. The largest absolute Gasteiger partial charge is 0.495 e. The number of benzene rings is 2. The second-order valence-electron chi connectivity index (χ2n) is 5.82. The van der Waals surface area contributed by atoms with Crippen LogP contribution in [0.5, 0.6) is 5.75 Å². The van der Waals surface area contributed by atoms with Gasteiger partial charge in [-0.05, 0) is 18.2 Å². The summed E-state index contributed by atoms with van der Waals surface area (Å²) < 4.78 is 5.42. The molecule has 0 aromatic heterocycles. The fourth-order valence-electron chi connectivity index (χ4n) is 2.83. The van der Waals surface area contributed by atoms with E-state index in [9.17, 15) is 10.1 Å². The Kier molecular flexibility index (Phi) is 5.58. The topological polar surface area (TPSA) is 71.2 Å². The monoisotopic (exact) mass is 374 g/mol. The lowest BCUT2D eigenvalue weighted by Crippen LogP contribution is -2.44. The lowest BCUT2D eigenvalue weighted by atomic mass is 10.2. The highest BCUT2D eigenvalue weighted by molar-refractivity contribution is 6.33. The van der Waals surface area contributed by atoms with Crippen molar-refractivity contribution in [2.45, 2.75) is 0 Å². The van der Waals surface area contributed by atoms with Gasteiger partial charge in [0.15, 0.2) is 0 Å². The van der Waals surface area contributed by atoms with Crippen LogP contribution in [0.4, 0.5) is 11.4 Å². The van der Waals surface area contributed by atoms with E-state index in [0.29, 0.717) is 10.6 Å². The summed E-state index contributed by atoms with van der Waals surface area (Å²) in [6.07, 6.45) is 1.58. The first-order valence-corrected chi connectivity index (χ1v) is 8.57. The Morgan fingerprint density at radius 1 is 1.19 bits per heavy atom. The van der Waals surface area contributed by atoms with E-state index in [1.807, 2.05) is 29.3 Å². The number of hydrazone groups is 1. The van der Waals surface area contributed by atoms with Crippen LogP contribution in [-0.4, -0.2) is 49.4 Å². The second-order valence-corrected chi connectivity index (χ2v) is 6.23. The molecule has 0 radical (unpaired) electrons. The number of hydrogen-bond donors (Lipinski definition) is 0. The van der Waals surface area contributed by atoms with Crippen LogP contribution in [0.15, 0.2) is 47.6 Å². The third kappa shape index (κ3) is 4.05. The van der Waals surface area contributed by atoms with Gasteiger partial charge in [-0.25, -0.2) is 0 Å². The minimum Gasteiger partial charge on any atom is -0.495 e. The highest BCUT2D eigenvalue weighted by Crippen LogP contribution is 2.28. The van der Waals surface area contributed by atoms with Crippen molar-refractivity contribution in [3.8, 4) is 5.75 Å². The van der Waals surface area contributed by atoms with Crippen LogP contribution >= 0.6 is 11.6 Å². The number of nitro groups is 1. The molecule has 0 aliphatic carbocycles. The van der Waals surface area contributed by atoms with Crippen LogP contribution in [0, 0.1) is 10.1 Å². The number of methoxy groups -OCH3 is 1. The van der Waals surface area contributed by atoms with Gasteiger partial charge < -0.3 is 9.64 Å². The van der Waals surface area contributed by atoms with Gasteiger partial charge in [0.2, 0.25) is 0 Å². The van der Waals surface area contributed by atoms with Crippen LogP contribution in [0.1, 0.15) is 5.56 Å². The number of hydrogen-bond acceptors (Lipinski definition) is 6. The molecule has 0 N–H and O–H groups in total. The van der Waals surface area contributed by atoms with Crippen LogP contribution in [0.25, 0.3) is 0 Å². The average molecular weight is 375 g/mol. The molecule has 1 fully saturated rings. The summed E-state index contributed by atoms with van der Waals surface area (Å²) in [5, 5.41) is 17.7. The van der Waals surface area contributed by atoms with E-state index in [-0.39, 0.29) is 5.69 Å². The summed E-state index contributed by atoms with van der Waals surface area (Å²) in [6.45, 7) is 3.09. The molecule has 0 atom stereocenters. The molecule has 1 heterocycles. The predicted octanol–water partition coefficient (Wildman–Crippen LogP) is 3.41. The maximum Gasteiger partial charge on any atom is 0.270 e. The van der Waals surface area contributed by atoms with Crippen molar-refractivity contribution >= 4 is 29.2 Å². The molecule has 0 saturated carbocycles. The highest BCUT2D eigenvalue weighted by Gasteiger charge is 2.18. The van der Waals surface area contributed by atoms with Gasteiger partial charge in [-0.15, -0.1) is 0 Å². The Labute approximate surface area is 156 Å². The molecule has 136 valence electrons. The molecule has 2 aromatic carbocycles. The zero-order valence-corrected chi connectivity index (χ0v) is 15.1. The lowest BCUT2D eigenvalue weighted by Gasteiger charge is -2.35. The summed E-state index contributed by atoms with van der Waals surface area (Å²) in [7, 11) is 1.67. The van der Waals surface area contributed by atoms with Gasteiger partial charge in [-0.1, -0.05) is 23.7 Å². The number of piperazine rings is 1. The molecule has 1 aliphatic rings. The van der Waals surface area contributed by atoms with E-state index in [4.69, 9.17) is 16.3 Å². The van der Waals surface area contributed by atoms with Gasteiger partial charge in [0, 0.05) is 35.8 Å². The number of ether oxygens (including phenoxy) is 1. The molecule has 1 aliphatic heterocycles. The van der Waals surface area contributed by atoms with Crippen molar-refractivity contribution in [1.82, 2.24) is 5.01 Å². The van der Waals surface area contributed by atoms with Crippen molar-refractivity contribution in [2.75, 3.05) is 38.2 Å². The molecule has 26 heavy (non-hydrogen) atoms. The molecule has 0 unspecified atom stereocenters. The van der Waals surface area contributed by atoms with Gasteiger partial charge in [-0.2, -0.15) is 5.10 Å². The number of para-hydroxylation sites is 2. The number of nitrogens with zero attached hydrogens (tertiary/aromatic N) is 4. The second kappa shape index (κ2) is 8.05. The van der Waals surface area contributed by atoms with Crippen LogP contribution in [-0.2, 0) is 0 Å². The van der Waals surface area contributed by atoms with E-state index in [1.165, 1.54) is 18.2 Å². The van der Waals surface area contributed by atoms with Crippen molar-refractivity contribution in [3.63, 3.8) is 0 Å². The Balaban J connectivity index is 1.65. The zero-order valence-electron chi connectivity index (χ0n) is 14.3. The summed E-state index contributed by atoms with van der Waals surface area (Å²) >= 11 is 6.10. The summed E-state index contributed by atoms with van der Waals surface area (Å²) in [5.74, 6) is 0.854. The number of non-ortho nitro benzene ring substituents is 1. The van der Waals surface area contributed by atoms with Gasteiger partial charge >= 0.3 is 0 Å². The molecular weight excluding hydrogens is 356 g/mol. The Morgan fingerprint density at radius 2 is 1.92 bits per heavy atom. The van der Waals surface area contributed by atoms with Gasteiger partial charge in [-0.3, -0.25) is 15.1 Å². The van der Waals surface area contributed by atoms with Crippen molar-refractivity contribution < 1.29 is 9.66 Å². The maximum atomic E-state index is 10.9. The Hall–Kier alpha value is -2.80. The maximum absolute atomic E-state index is 10.9. The highest BCUT2D eigenvalue weighted by atomic mass is 35.5. The number of halogens is 1. The first kappa shape index (κ1) is 18.0. The molecule has 0 amide bonds. The van der Waals surface area contributed by atoms with Crippen LogP contribution in [0.2, 0.25) is 5.02 Å². The van der Waals surface area contributed by atoms with E-state index in [1.54, 1.807) is 13.3 Å². The number of anilines is 1. The average Bonchev–Trinajstić information content (AvgIpc) is 2.67. The Morgan fingerprint density at radius 3 is 2.62 bits per heavy atom. The fourth-order valence-corrected chi connectivity index (χ4v) is 3.00. The van der Waals surface area contributed by atoms with Gasteiger partial charge in [0.05, 0.1) is 37.0 Å². The van der Waals surface area contributed by atoms with E-state index >= 15 is 0 Å². The normalized spacial score (nSPS) is 14.7. The third-order valence-electron chi connectivity index (χ3n) is 4.23. The molecule has 2 aromatic rings. The van der Waals surface area contributed by atoms with Crippen LogP contribution in [0.3, 0.4) is 0 Å². The van der Waals surface area contributed by atoms with E-state index in [2.05, 4.69) is 10.0 Å². The molecular formula is C18H19ClN4O3. The van der Waals surface area contributed by atoms with E-state index < -0.39 is 4.92 Å². The quantitative estimate of drug-likeness (QED) is 0.455. The minimum atomic E-state index is -0.445. The van der Waals surface area contributed by atoms with Crippen molar-refractivity contribution in [3.05, 3.63) is 63.2 Å². The fraction of sp³-hybridized carbons (Fsp3) is 0.278. The first-order chi connectivity index (χ1) is 12.6. The number of rotatable bonds is 5. The van der Waals surface area contributed by atoms with Crippen molar-refractivity contribution in [2.24, 2.45) is 5.10 Å². The molecule has 3 rings (SSSR count). The minimum absolute atomic E-state index is 0.00292. The molecule has 8 heteroatoms. The lowest BCUT2D eigenvalue weighted by molar-refractivity contribution is -0.384. The Bertz CT molecular complexity index is 820. The first-order valence-electron chi connectivity index (χ1n) is 8.19. The van der Waals surface area contributed by atoms with Gasteiger partial charge in [0.1, 0.15) is 5.75 Å². The molecule has 0 bridgehead atoms. The summed E-state index contributed by atoms with van der Waals surface area (Å²) in [6, 6.07) is 12.3. The summed E-state index contributed by atoms with van der Waals surface area (Å²) in [4.78, 5) is 12.7. The summed E-state index contributed by atoms with van der Waals surface area (Å²) in [5.41, 5.74) is 1.60. The van der Waals surface area contributed by atoms with E-state index in [0.717, 1.165) is 37.6 Å². The van der Waals surface area contributed by atoms with Crippen LogP contribution < -0.4 is 9.64 Å². The molecule has 0 spiro atoms. The van der Waals surface area contributed by atoms with Crippen molar-refractivity contribution in [1.29, 1.82) is 0 Å². The molecule has 7 nitrogen and oxygen atoms in total. The molecule has 1 saturated heterocycles. The third-order valence-corrected chi connectivity index (χ3v) is 4.58.